The molecule has 0 radical (unpaired) electrons. The fourth-order valence-electron chi connectivity index (χ4n) is 3.38. The second kappa shape index (κ2) is 6.61. The first-order chi connectivity index (χ1) is 7.90. The van der Waals surface area contributed by atoms with Crippen LogP contribution in [0, 0.1) is 5.92 Å². The Morgan fingerprint density at radius 2 is 1.81 bits per heavy atom. The van der Waals surface area contributed by atoms with Crippen LogP contribution < -0.4 is 5.32 Å². The lowest BCUT2D eigenvalue weighted by atomic mass is 9.97. The summed E-state index contributed by atoms with van der Waals surface area (Å²) >= 11 is 0. The Morgan fingerprint density at radius 3 is 2.56 bits per heavy atom. The maximum absolute atomic E-state index is 6.01. The summed E-state index contributed by atoms with van der Waals surface area (Å²) in [6.45, 7) is 0.994. The van der Waals surface area contributed by atoms with E-state index in [2.05, 4.69) is 12.4 Å². The fourth-order valence-corrected chi connectivity index (χ4v) is 3.38. The van der Waals surface area contributed by atoms with E-state index in [4.69, 9.17) is 4.74 Å². The summed E-state index contributed by atoms with van der Waals surface area (Å²) in [6.07, 6.45) is 12.8. The van der Waals surface area contributed by atoms with Crippen molar-refractivity contribution in [2.24, 2.45) is 5.92 Å². The number of ether oxygens (including phenoxy) is 1. The molecule has 2 aliphatic carbocycles. The molecular weight excluding hydrogens is 198 g/mol. The lowest BCUT2D eigenvalue weighted by molar-refractivity contribution is 0.0203. The first-order valence-electron chi connectivity index (χ1n) is 7.19. The molecule has 2 fully saturated rings. The average molecular weight is 225 g/mol. The highest BCUT2D eigenvalue weighted by molar-refractivity contribution is 4.81. The Hall–Kier alpha value is -0.0800. The first kappa shape index (κ1) is 12.4. The topological polar surface area (TPSA) is 21.3 Å². The molecular formula is C14H27NO. The molecule has 0 heterocycles. The minimum Gasteiger partial charge on any atom is -0.378 e. The molecule has 2 rings (SSSR count). The van der Waals surface area contributed by atoms with Crippen molar-refractivity contribution in [2.45, 2.75) is 69.9 Å². The Kier molecular flexibility index (Phi) is 5.11. The molecule has 2 nitrogen and oxygen atoms in total. The van der Waals surface area contributed by atoms with Gasteiger partial charge in [-0.2, -0.15) is 0 Å². The third-order valence-corrected chi connectivity index (χ3v) is 4.42. The van der Waals surface area contributed by atoms with Crippen molar-refractivity contribution >= 4 is 0 Å². The van der Waals surface area contributed by atoms with Gasteiger partial charge < -0.3 is 10.1 Å². The van der Waals surface area contributed by atoms with E-state index in [0.717, 1.165) is 18.6 Å². The van der Waals surface area contributed by atoms with E-state index in [1.165, 1.54) is 57.8 Å². The van der Waals surface area contributed by atoms with Gasteiger partial charge in [0.15, 0.2) is 0 Å². The van der Waals surface area contributed by atoms with Crippen LogP contribution in [0.2, 0.25) is 0 Å². The van der Waals surface area contributed by atoms with Crippen molar-refractivity contribution in [1.82, 2.24) is 5.32 Å². The molecule has 1 N–H and O–H groups in total. The molecule has 0 spiro atoms. The molecule has 0 aliphatic heterocycles. The maximum atomic E-state index is 6.01. The number of nitrogens with one attached hydrogen (secondary N) is 1. The SMILES string of the molecule is CNC1CCCC1CCOC1CCCCC1. The predicted molar refractivity (Wildman–Crippen MR) is 67.6 cm³/mol. The Balaban J connectivity index is 1.59. The number of hydrogen-bond donors (Lipinski definition) is 1. The summed E-state index contributed by atoms with van der Waals surface area (Å²) in [5, 5.41) is 3.45. The molecule has 2 unspecified atom stereocenters. The van der Waals surface area contributed by atoms with Gasteiger partial charge in [0.1, 0.15) is 0 Å². The van der Waals surface area contributed by atoms with Gasteiger partial charge in [-0.05, 0) is 45.1 Å². The van der Waals surface area contributed by atoms with E-state index in [1.54, 1.807) is 0 Å². The quantitative estimate of drug-likeness (QED) is 0.776. The molecule has 0 amide bonds. The van der Waals surface area contributed by atoms with Crippen LogP contribution in [-0.2, 0) is 4.74 Å². The average Bonchev–Trinajstić information content (AvgIpc) is 2.78. The molecule has 2 saturated carbocycles. The van der Waals surface area contributed by atoms with Gasteiger partial charge in [-0.15, -0.1) is 0 Å². The third-order valence-electron chi connectivity index (χ3n) is 4.42. The zero-order valence-corrected chi connectivity index (χ0v) is 10.7. The molecule has 16 heavy (non-hydrogen) atoms. The molecule has 0 aromatic rings. The Bertz CT molecular complexity index is 189. The van der Waals surface area contributed by atoms with Gasteiger partial charge in [-0.1, -0.05) is 25.7 Å². The second-order valence-corrected chi connectivity index (χ2v) is 5.51. The van der Waals surface area contributed by atoms with E-state index in [0.29, 0.717) is 6.10 Å². The number of hydrogen-bond acceptors (Lipinski definition) is 2. The lowest BCUT2D eigenvalue weighted by Crippen LogP contribution is -2.30. The van der Waals surface area contributed by atoms with E-state index >= 15 is 0 Å². The van der Waals surface area contributed by atoms with Gasteiger partial charge in [0.05, 0.1) is 6.10 Å². The largest absolute Gasteiger partial charge is 0.378 e. The van der Waals surface area contributed by atoms with Gasteiger partial charge in [0, 0.05) is 12.6 Å². The number of rotatable bonds is 5. The van der Waals surface area contributed by atoms with Crippen LogP contribution in [0.25, 0.3) is 0 Å². The van der Waals surface area contributed by atoms with E-state index in [1.807, 2.05) is 0 Å². The maximum Gasteiger partial charge on any atom is 0.0575 e. The standard InChI is InChI=1S/C14H27NO/c1-15-14-9-5-6-12(14)10-11-16-13-7-3-2-4-8-13/h12-15H,2-11H2,1H3. The van der Waals surface area contributed by atoms with Crippen molar-refractivity contribution in [3.63, 3.8) is 0 Å². The third kappa shape index (κ3) is 3.46. The molecule has 0 aromatic carbocycles. The second-order valence-electron chi connectivity index (χ2n) is 5.51. The lowest BCUT2D eigenvalue weighted by Gasteiger charge is -2.24. The van der Waals surface area contributed by atoms with Gasteiger partial charge in [0.2, 0.25) is 0 Å². The van der Waals surface area contributed by atoms with Gasteiger partial charge in [-0.3, -0.25) is 0 Å². The molecule has 0 aromatic heterocycles. The molecule has 2 aliphatic rings. The molecule has 2 heteroatoms. The highest BCUT2D eigenvalue weighted by atomic mass is 16.5. The van der Waals surface area contributed by atoms with Crippen LogP contribution in [0.5, 0.6) is 0 Å². The highest BCUT2D eigenvalue weighted by Crippen LogP contribution is 2.28. The van der Waals surface area contributed by atoms with Crippen molar-refractivity contribution in [2.75, 3.05) is 13.7 Å². The van der Waals surface area contributed by atoms with Crippen LogP contribution in [-0.4, -0.2) is 25.8 Å². The summed E-state index contributed by atoms with van der Waals surface area (Å²) in [6, 6.07) is 0.759. The van der Waals surface area contributed by atoms with Crippen LogP contribution in [0.3, 0.4) is 0 Å². The minimum absolute atomic E-state index is 0.586. The predicted octanol–water partition coefficient (Wildman–Crippen LogP) is 3.11. The molecule has 0 bridgehead atoms. The molecule has 94 valence electrons. The smallest absolute Gasteiger partial charge is 0.0575 e. The summed E-state index contributed by atoms with van der Waals surface area (Å²) in [7, 11) is 2.10. The minimum atomic E-state index is 0.586. The summed E-state index contributed by atoms with van der Waals surface area (Å²) in [5.74, 6) is 0.869. The van der Waals surface area contributed by atoms with Crippen LogP contribution in [0.1, 0.15) is 57.8 Å². The monoisotopic (exact) mass is 225 g/mol. The zero-order valence-electron chi connectivity index (χ0n) is 10.7. The fraction of sp³-hybridized carbons (Fsp3) is 1.00. The first-order valence-corrected chi connectivity index (χ1v) is 7.19. The van der Waals surface area contributed by atoms with Crippen LogP contribution >= 0.6 is 0 Å². The van der Waals surface area contributed by atoms with Crippen molar-refractivity contribution in [3.05, 3.63) is 0 Å². The zero-order chi connectivity index (χ0) is 11.2. The van der Waals surface area contributed by atoms with Crippen LogP contribution in [0.15, 0.2) is 0 Å². The summed E-state index contributed by atoms with van der Waals surface area (Å²) in [5.41, 5.74) is 0. The molecule has 0 saturated heterocycles. The summed E-state index contributed by atoms with van der Waals surface area (Å²) in [4.78, 5) is 0. The van der Waals surface area contributed by atoms with E-state index in [-0.39, 0.29) is 0 Å². The van der Waals surface area contributed by atoms with Gasteiger partial charge in [-0.25, -0.2) is 0 Å². The van der Waals surface area contributed by atoms with Gasteiger partial charge >= 0.3 is 0 Å². The van der Waals surface area contributed by atoms with Crippen molar-refractivity contribution < 1.29 is 4.74 Å². The van der Waals surface area contributed by atoms with Crippen LogP contribution in [0.4, 0.5) is 0 Å². The van der Waals surface area contributed by atoms with Crippen molar-refractivity contribution in [1.29, 1.82) is 0 Å². The van der Waals surface area contributed by atoms with Crippen molar-refractivity contribution in [3.8, 4) is 0 Å². The molecule has 2 atom stereocenters. The Morgan fingerprint density at radius 1 is 1.00 bits per heavy atom. The summed E-state index contributed by atoms with van der Waals surface area (Å²) < 4.78 is 6.01. The van der Waals surface area contributed by atoms with E-state index < -0.39 is 0 Å². The van der Waals surface area contributed by atoms with E-state index in [9.17, 15) is 0 Å². The normalized spacial score (nSPS) is 32.1. The Labute approximate surface area is 100 Å². The van der Waals surface area contributed by atoms with Gasteiger partial charge in [0.25, 0.3) is 0 Å². The highest BCUT2D eigenvalue weighted by Gasteiger charge is 2.25.